The van der Waals surface area contributed by atoms with Crippen molar-refractivity contribution in [2.45, 2.75) is 23.8 Å². The molecule has 2 aromatic heterocycles. The monoisotopic (exact) mass is 606 g/mol. The number of sulfonamides is 1. The molecule has 5 rings (SSSR count). The molecule has 0 saturated carbocycles. The highest BCUT2D eigenvalue weighted by molar-refractivity contribution is 9.08. The topological polar surface area (TPSA) is 106 Å². The van der Waals surface area contributed by atoms with E-state index in [-0.39, 0.29) is 10.9 Å². The lowest BCUT2D eigenvalue weighted by molar-refractivity contribution is 0.309. The first-order valence-corrected chi connectivity index (χ1v) is 14.9. The van der Waals surface area contributed by atoms with Crippen molar-refractivity contribution in [3.8, 4) is 17.0 Å². The van der Waals surface area contributed by atoms with Crippen LogP contribution in [0.5, 0.6) is 5.75 Å². The lowest BCUT2D eigenvalue weighted by Gasteiger charge is -2.36. The Labute approximate surface area is 230 Å². The number of ether oxygens (including phenoxy) is 1. The van der Waals surface area contributed by atoms with E-state index in [4.69, 9.17) is 22.2 Å². The Morgan fingerprint density at radius 2 is 1.76 bits per heavy atom. The number of methoxy groups -OCH3 is 1. The minimum atomic E-state index is -3.60. The van der Waals surface area contributed by atoms with Gasteiger partial charge in [0.15, 0.2) is 5.65 Å². The average Bonchev–Trinajstić information content (AvgIpc) is 3.42. The van der Waals surface area contributed by atoms with E-state index in [0.29, 0.717) is 53.9 Å². The van der Waals surface area contributed by atoms with Crippen LogP contribution in [0.2, 0.25) is 5.02 Å². The minimum Gasteiger partial charge on any atom is -0.497 e. The van der Waals surface area contributed by atoms with Gasteiger partial charge < -0.3 is 4.74 Å². The van der Waals surface area contributed by atoms with Gasteiger partial charge in [0.1, 0.15) is 11.6 Å². The highest BCUT2D eigenvalue weighted by Crippen LogP contribution is 2.31. The number of halogens is 2. The second kappa shape index (κ2) is 11.8. The minimum absolute atomic E-state index is 0.0776. The number of alkyl halides is 1. The maximum atomic E-state index is 13.1. The molecule has 0 amide bonds. The summed E-state index contributed by atoms with van der Waals surface area (Å²) >= 11 is 9.35. The molecule has 3 heterocycles. The number of nitrogens with two attached hydrogens (primary N) is 1. The van der Waals surface area contributed by atoms with E-state index < -0.39 is 10.0 Å². The molecule has 0 spiro atoms. The third-order valence-corrected chi connectivity index (χ3v) is 8.51. The van der Waals surface area contributed by atoms with E-state index in [9.17, 15) is 8.42 Å². The van der Waals surface area contributed by atoms with Crippen molar-refractivity contribution in [1.82, 2.24) is 18.9 Å². The van der Waals surface area contributed by atoms with Gasteiger partial charge in [-0.2, -0.15) is 13.9 Å². The fraction of sp³-hybridized carbons (Fsp3) is 0.280. The Morgan fingerprint density at radius 3 is 2.41 bits per heavy atom. The molecule has 0 aliphatic carbocycles. The van der Waals surface area contributed by atoms with Gasteiger partial charge in [-0.3, -0.25) is 5.01 Å². The van der Waals surface area contributed by atoms with Crippen LogP contribution in [-0.2, 0) is 10.0 Å². The first-order chi connectivity index (χ1) is 17.9. The van der Waals surface area contributed by atoms with Gasteiger partial charge in [-0.1, -0.05) is 45.7 Å². The number of anilines is 1. The number of hydrazine groups is 1. The number of piperidine rings is 1. The van der Waals surface area contributed by atoms with E-state index in [1.165, 1.54) is 4.31 Å². The normalized spacial score (nSPS) is 14.7. The van der Waals surface area contributed by atoms with Crippen LogP contribution in [0.3, 0.4) is 0 Å². The van der Waals surface area contributed by atoms with Gasteiger partial charge in [-0.05, 0) is 49.0 Å². The summed E-state index contributed by atoms with van der Waals surface area (Å²) in [5.41, 5.74) is 2.13. The average molecular weight is 608 g/mol. The summed E-state index contributed by atoms with van der Waals surface area (Å²) in [5, 5.41) is 6.64. The molecule has 0 atom stereocenters. The highest BCUT2D eigenvalue weighted by atomic mass is 79.9. The number of hydrogen-bond acceptors (Lipinski definition) is 7. The lowest BCUT2D eigenvalue weighted by Crippen LogP contribution is -2.50. The van der Waals surface area contributed by atoms with Crippen LogP contribution in [0, 0.1) is 0 Å². The van der Waals surface area contributed by atoms with Gasteiger partial charge in [0.05, 0.1) is 23.9 Å². The molecule has 4 aromatic rings. The fourth-order valence-electron chi connectivity index (χ4n) is 4.33. The quantitative estimate of drug-likeness (QED) is 0.194. The van der Waals surface area contributed by atoms with Gasteiger partial charge in [-0.15, -0.1) is 0 Å². The first-order valence-electron chi connectivity index (χ1n) is 11.5. The molecule has 2 aromatic carbocycles. The number of nitrogens with zero attached hydrogens (tertiary/aromatic N) is 5. The smallest absolute Gasteiger partial charge is 0.243 e. The standard InChI is InChI=1S/C24H25ClN6O3S.CH3Br/c1-34-18-6-8-19(9-7-18)35(32,33)29-14-11-17(12-15-29)30(26)24-16-22(20-4-2-3-5-21(20)25)28-23-10-13-27-31(23)24;1-2/h2-10,13,16-17H,11-12,14-15,26H2,1H3;1H3. The first kappa shape index (κ1) is 27.3. The van der Waals surface area contributed by atoms with Crippen molar-refractivity contribution in [2.75, 3.05) is 31.0 Å². The van der Waals surface area contributed by atoms with Gasteiger partial charge in [-0.25, -0.2) is 19.2 Å². The van der Waals surface area contributed by atoms with E-state index >= 15 is 0 Å². The second-order valence-electron chi connectivity index (χ2n) is 8.30. The van der Waals surface area contributed by atoms with E-state index in [0.717, 1.165) is 5.56 Å². The maximum Gasteiger partial charge on any atom is 0.243 e. The van der Waals surface area contributed by atoms with Crippen molar-refractivity contribution >= 4 is 49.0 Å². The van der Waals surface area contributed by atoms with Crippen molar-refractivity contribution in [3.05, 3.63) is 71.9 Å². The molecular formula is C25H28BrClN6O3S. The van der Waals surface area contributed by atoms with E-state index in [1.807, 2.05) is 42.2 Å². The summed E-state index contributed by atoms with van der Waals surface area (Å²) in [4.78, 5) is 4.93. The van der Waals surface area contributed by atoms with Crippen LogP contribution in [0.15, 0.2) is 71.8 Å². The number of benzene rings is 2. The van der Waals surface area contributed by atoms with Crippen molar-refractivity contribution < 1.29 is 13.2 Å². The van der Waals surface area contributed by atoms with Gasteiger partial charge in [0.2, 0.25) is 10.0 Å². The Balaban J connectivity index is 0.00000156. The molecule has 196 valence electrons. The van der Waals surface area contributed by atoms with E-state index in [2.05, 4.69) is 26.0 Å². The van der Waals surface area contributed by atoms with Gasteiger partial charge in [0, 0.05) is 41.9 Å². The second-order valence-corrected chi connectivity index (χ2v) is 10.6. The fourth-order valence-corrected chi connectivity index (χ4v) is 6.03. The van der Waals surface area contributed by atoms with Gasteiger partial charge in [0.25, 0.3) is 0 Å². The SMILES string of the molecule is CBr.COc1ccc(S(=O)(=O)N2CCC(N(N)c3cc(-c4ccccc4Cl)nc4ccnn34)CC2)cc1. The lowest BCUT2D eigenvalue weighted by atomic mass is 10.1. The number of fused-ring (bicyclic) bond motifs is 1. The van der Waals surface area contributed by atoms with Gasteiger partial charge >= 0.3 is 0 Å². The summed E-state index contributed by atoms with van der Waals surface area (Å²) < 4.78 is 34.5. The molecule has 1 fully saturated rings. The molecule has 12 heteroatoms. The third kappa shape index (κ3) is 5.60. The molecular weight excluding hydrogens is 580 g/mol. The van der Waals surface area contributed by atoms with Crippen LogP contribution < -0.4 is 15.6 Å². The maximum absolute atomic E-state index is 13.1. The Bertz CT molecular complexity index is 1460. The number of rotatable bonds is 6. The largest absolute Gasteiger partial charge is 0.497 e. The van der Waals surface area contributed by atoms with E-state index in [1.54, 1.807) is 47.1 Å². The molecule has 37 heavy (non-hydrogen) atoms. The molecule has 0 bridgehead atoms. The number of aromatic nitrogens is 3. The summed E-state index contributed by atoms with van der Waals surface area (Å²) in [5.74, 6) is 9.69. The summed E-state index contributed by atoms with van der Waals surface area (Å²) in [7, 11) is -2.05. The Morgan fingerprint density at radius 1 is 1.08 bits per heavy atom. The zero-order valence-electron chi connectivity index (χ0n) is 20.5. The Kier molecular flexibility index (Phi) is 8.71. The molecule has 2 N–H and O–H groups in total. The zero-order valence-corrected chi connectivity index (χ0v) is 23.6. The van der Waals surface area contributed by atoms with Crippen LogP contribution in [-0.4, -0.2) is 59.4 Å². The van der Waals surface area contributed by atoms with Crippen LogP contribution in [0.4, 0.5) is 5.82 Å². The molecule has 9 nitrogen and oxygen atoms in total. The summed E-state index contributed by atoms with van der Waals surface area (Å²) in [6.07, 6.45) is 2.80. The molecule has 1 aliphatic rings. The van der Waals surface area contributed by atoms with Crippen LogP contribution >= 0.6 is 27.5 Å². The zero-order chi connectivity index (χ0) is 26.6. The van der Waals surface area contributed by atoms with Crippen LogP contribution in [0.25, 0.3) is 16.9 Å². The van der Waals surface area contributed by atoms with Crippen molar-refractivity contribution in [3.63, 3.8) is 0 Å². The van der Waals surface area contributed by atoms with Crippen molar-refractivity contribution in [2.24, 2.45) is 5.84 Å². The molecule has 1 saturated heterocycles. The summed E-state index contributed by atoms with van der Waals surface area (Å²) in [6, 6.07) is 17.5. The number of hydrogen-bond donors (Lipinski definition) is 1. The predicted octanol–water partition coefficient (Wildman–Crippen LogP) is 4.60. The van der Waals surface area contributed by atoms with Crippen molar-refractivity contribution in [1.29, 1.82) is 0 Å². The molecule has 0 unspecified atom stereocenters. The molecule has 1 aliphatic heterocycles. The highest BCUT2D eigenvalue weighted by Gasteiger charge is 2.32. The molecule has 0 radical (unpaired) electrons. The summed E-state index contributed by atoms with van der Waals surface area (Å²) in [6.45, 7) is 0.717. The van der Waals surface area contributed by atoms with Crippen LogP contribution in [0.1, 0.15) is 12.8 Å². The predicted molar refractivity (Wildman–Crippen MR) is 150 cm³/mol. The third-order valence-electron chi connectivity index (χ3n) is 6.27. The Hall–Kier alpha value is -2.70.